The molecule has 1 rings (SSSR count). The lowest BCUT2D eigenvalue weighted by Crippen LogP contribution is -2.46. The molecule has 0 aromatic heterocycles. The maximum Gasteiger partial charge on any atom is 0.305 e. The predicted octanol–water partition coefficient (Wildman–Crippen LogP) is 1.24. The molecule has 0 aromatic rings. The number of aliphatic imine (C=N–C) groups is 1. The molecule has 1 heterocycles. The third-order valence-electron chi connectivity index (χ3n) is 3.97. The van der Waals surface area contributed by atoms with E-state index in [0.29, 0.717) is 18.9 Å². The summed E-state index contributed by atoms with van der Waals surface area (Å²) < 4.78 is 10.5. The molecule has 1 fully saturated rings. The van der Waals surface area contributed by atoms with Gasteiger partial charge in [-0.2, -0.15) is 0 Å². The molecule has 1 aliphatic rings. The molecule has 25 heavy (non-hydrogen) atoms. The Labute approximate surface area is 152 Å². The van der Waals surface area contributed by atoms with Crippen molar-refractivity contribution < 1.29 is 14.3 Å². The van der Waals surface area contributed by atoms with Crippen LogP contribution in [-0.2, 0) is 14.3 Å². The summed E-state index contributed by atoms with van der Waals surface area (Å²) in [6, 6.07) is 0. The number of carbonyl (C=O) groups is 1. The molecule has 1 saturated heterocycles. The highest BCUT2D eigenvalue weighted by Gasteiger charge is 2.20. The normalized spacial score (nSPS) is 19.1. The van der Waals surface area contributed by atoms with Crippen molar-refractivity contribution in [3.05, 3.63) is 0 Å². The maximum absolute atomic E-state index is 11.1. The van der Waals surface area contributed by atoms with Crippen molar-refractivity contribution in [2.24, 2.45) is 10.9 Å². The van der Waals surface area contributed by atoms with Crippen LogP contribution in [0.2, 0.25) is 0 Å². The molecule has 146 valence electrons. The Kier molecular flexibility index (Phi) is 11.2. The lowest BCUT2D eigenvalue weighted by atomic mass is 10.2. The van der Waals surface area contributed by atoms with Gasteiger partial charge < -0.3 is 20.1 Å². The monoisotopic (exact) mass is 356 g/mol. The van der Waals surface area contributed by atoms with E-state index in [2.05, 4.69) is 46.0 Å². The minimum atomic E-state index is -0.152. The van der Waals surface area contributed by atoms with E-state index in [0.717, 1.165) is 58.1 Å². The van der Waals surface area contributed by atoms with Crippen molar-refractivity contribution in [3.8, 4) is 0 Å². The Morgan fingerprint density at radius 3 is 2.84 bits per heavy atom. The first-order valence-electron chi connectivity index (χ1n) is 9.48. The van der Waals surface area contributed by atoms with Gasteiger partial charge in [0.1, 0.15) is 0 Å². The lowest BCUT2D eigenvalue weighted by molar-refractivity contribution is -0.140. The molecule has 0 spiro atoms. The molecule has 0 aromatic carbocycles. The fourth-order valence-corrected chi connectivity index (χ4v) is 2.81. The zero-order chi connectivity index (χ0) is 18.5. The molecule has 7 nitrogen and oxygen atoms in total. The van der Waals surface area contributed by atoms with Crippen LogP contribution in [0.1, 0.15) is 40.0 Å². The number of methoxy groups -OCH3 is 1. The van der Waals surface area contributed by atoms with Crippen molar-refractivity contribution in [3.63, 3.8) is 0 Å². The number of nitrogens with zero attached hydrogens (tertiary/aromatic N) is 2. The van der Waals surface area contributed by atoms with Crippen LogP contribution in [-0.4, -0.2) is 75.9 Å². The van der Waals surface area contributed by atoms with Gasteiger partial charge in [-0.3, -0.25) is 14.7 Å². The standard InChI is InChI=1S/C18H36N4O3/c1-5-19-18(20-9-7-6-8-17(23)24-4)21-12-16-14-22(10-11-25-16)13-15(2)3/h15-16H,5-14H2,1-4H3,(H2,19,20,21). The lowest BCUT2D eigenvalue weighted by Gasteiger charge is -2.33. The van der Waals surface area contributed by atoms with Gasteiger partial charge in [-0.1, -0.05) is 13.8 Å². The van der Waals surface area contributed by atoms with Gasteiger partial charge in [-0.15, -0.1) is 0 Å². The molecular formula is C18H36N4O3. The Balaban J connectivity index is 2.32. The fraction of sp³-hybridized carbons (Fsp3) is 0.889. The van der Waals surface area contributed by atoms with Gasteiger partial charge in [-0.05, 0) is 25.7 Å². The first-order chi connectivity index (χ1) is 12.0. The quantitative estimate of drug-likeness (QED) is 0.265. The zero-order valence-electron chi connectivity index (χ0n) is 16.3. The van der Waals surface area contributed by atoms with E-state index < -0.39 is 0 Å². The van der Waals surface area contributed by atoms with Crippen molar-refractivity contribution in [1.82, 2.24) is 15.5 Å². The number of hydrogen-bond acceptors (Lipinski definition) is 5. The Morgan fingerprint density at radius 2 is 2.16 bits per heavy atom. The summed E-state index contributed by atoms with van der Waals surface area (Å²) in [7, 11) is 1.42. The average Bonchev–Trinajstić information content (AvgIpc) is 2.58. The number of ether oxygens (including phenoxy) is 2. The second kappa shape index (κ2) is 12.9. The third-order valence-corrected chi connectivity index (χ3v) is 3.97. The second-order valence-electron chi connectivity index (χ2n) is 6.83. The summed E-state index contributed by atoms with van der Waals surface area (Å²) in [4.78, 5) is 18.2. The van der Waals surface area contributed by atoms with Gasteiger partial charge in [0.25, 0.3) is 0 Å². The number of unbranched alkanes of at least 4 members (excludes halogenated alkanes) is 1. The summed E-state index contributed by atoms with van der Waals surface area (Å²) in [6.07, 6.45) is 2.34. The van der Waals surface area contributed by atoms with Crippen LogP contribution in [0.4, 0.5) is 0 Å². The van der Waals surface area contributed by atoms with Gasteiger partial charge in [0, 0.05) is 39.1 Å². The highest BCUT2D eigenvalue weighted by molar-refractivity contribution is 5.79. The SMILES string of the molecule is CCNC(=NCC1CN(CC(C)C)CCO1)NCCCCC(=O)OC. The minimum absolute atomic E-state index is 0.152. The minimum Gasteiger partial charge on any atom is -0.469 e. The number of hydrogen-bond donors (Lipinski definition) is 2. The molecule has 0 amide bonds. The summed E-state index contributed by atoms with van der Waals surface area (Å²) in [5.74, 6) is 1.33. The number of nitrogens with one attached hydrogen (secondary N) is 2. The molecule has 0 radical (unpaired) electrons. The van der Waals surface area contributed by atoms with Crippen LogP contribution in [0.5, 0.6) is 0 Å². The van der Waals surface area contributed by atoms with Crippen LogP contribution >= 0.6 is 0 Å². The predicted molar refractivity (Wildman–Crippen MR) is 101 cm³/mol. The van der Waals surface area contributed by atoms with E-state index in [1.165, 1.54) is 7.11 Å². The van der Waals surface area contributed by atoms with E-state index in [1.54, 1.807) is 0 Å². The molecule has 1 atom stereocenters. The summed E-state index contributed by atoms with van der Waals surface area (Å²) in [6.45, 7) is 12.7. The first kappa shape index (κ1) is 21.7. The number of esters is 1. The van der Waals surface area contributed by atoms with E-state index in [4.69, 9.17) is 4.74 Å². The Hall–Kier alpha value is -1.34. The largest absolute Gasteiger partial charge is 0.469 e. The van der Waals surface area contributed by atoms with Crippen molar-refractivity contribution in [1.29, 1.82) is 0 Å². The van der Waals surface area contributed by atoms with Crippen LogP contribution in [0.3, 0.4) is 0 Å². The van der Waals surface area contributed by atoms with Crippen molar-refractivity contribution >= 4 is 11.9 Å². The number of guanidine groups is 1. The summed E-state index contributed by atoms with van der Waals surface area (Å²) >= 11 is 0. The number of rotatable bonds is 10. The summed E-state index contributed by atoms with van der Waals surface area (Å²) in [5, 5.41) is 6.57. The highest BCUT2D eigenvalue weighted by Crippen LogP contribution is 2.08. The van der Waals surface area contributed by atoms with E-state index in [9.17, 15) is 4.79 Å². The molecule has 0 bridgehead atoms. The van der Waals surface area contributed by atoms with E-state index in [1.807, 2.05) is 0 Å². The fourth-order valence-electron chi connectivity index (χ4n) is 2.81. The van der Waals surface area contributed by atoms with Gasteiger partial charge >= 0.3 is 5.97 Å². The van der Waals surface area contributed by atoms with Crippen molar-refractivity contribution in [2.45, 2.75) is 46.1 Å². The second-order valence-corrected chi connectivity index (χ2v) is 6.83. The van der Waals surface area contributed by atoms with Crippen LogP contribution in [0.25, 0.3) is 0 Å². The highest BCUT2D eigenvalue weighted by atomic mass is 16.5. The molecule has 1 unspecified atom stereocenters. The van der Waals surface area contributed by atoms with E-state index >= 15 is 0 Å². The molecule has 0 saturated carbocycles. The van der Waals surface area contributed by atoms with Crippen molar-refractivity contribution in [2.75, 3.05) is 53.0 Å². The molecule has 7 heteroatoms. The Bertz CT molecular complexity index is 402. The third kappa shape index (κ3) is 10.3. The van der Waals surface area contributed by atoms with E-state index in [-0.39, 0.29) is 12.1 Å². The molecule has 2 N–H and O–H groups in total. The Morgan fingerprint density at radius 1 is 1.36 bits per heavy atom. The van der Waals surface area contributed by atoms with Crippen LogP contribution < -0.4 is 10.6 Å². The molecular weight excluding hydrogens is 320 g/mol. The van der Waals surface area contributed by atoms with Gasteiger partial charge in [0.2, 0.25) is 0 Å². The first-order valence-corrected chi connectivity index (χ1v) is 9.48. The van der Waals surface area contributed by atoms with Gasteiger partial charge in [0.15, 0.2) is 5.96 Å². The van der Waals surface area contributed by atoms with Gasteiger partial charge in [-0.25, -0.2) is 0 Å². The smallest absolute Gasteiger partial charge is 0.305 e. The van der Waals surface area contributed by atoms with Crippen LogP contribution in [0, 0.1) is 5.92 Å². The topological polar surface area (TPSA) is 75.2 Å². The number of carbonyl (C=O) groups excluding carboxylic acids is 1. The van der Waals surface area contributed by atoms with Gasteiger partial charge in [0.05, 0.1) is 26.4 Å². The summed E-state index contributed by atoms with van der Waals surface area (Å²) in [5.41, 5.74) is 0. The van der Waals surface area contributed by atoms with Crippen LogP contribution in [0.15, 0.2) is 4.99 Å². The number of morpholine rings is 1. The molecule has 0 aliphatic carbocycles. The zero-order valence-corrected chi connectivity index (χ0v) is 16.3. The maximum atomic E-state index is 11.1. The molecule has 1 aliphatic heterocycles. The average molecular weight is 357 g/mol.